The average Bonchev–Trinajstić information content (AvgIpc) is 2.93. The summed E-state index contributed by atoms with van der Waals surface area (Å²) in [6.07, 6.45) is 3.68. The molecule has 5 nitrogen and oxygen atoms in total. The molecule has 0 radical (unpaired) electrons. The van der Waals surface area contributed by atoms with Gasteiger partial charge in [0.1, 0.15) is 5.69 Å². The van der Waals surface area contributed by atoms with E-state index in [0.717, 1.165) is 24.2 Å². The van der Waals surface area contributed by atoms with Gasteiger partial charge in [0, 0.05) is 25.0 Å². The van der Waals surface area contributed by atoms with Gasteiger partial charge in [-0.1, -0.05) is 0 Å². The normalized spacial score (nSPS) is 10.7. The number of carbonyl (C=O) groups is 1. The highest BCUT2D eigenvalue weighted by molar-refractivity contribution is 5.92. The highest BCUT2D eigenvalue weighted by Gasteiger charge is 2.09. The van der Waals surface area contributed by atoms with Crippen molar-refractivity contribution in [2.24, 2.45) is 7.05 Å². The van der Waals surface area contributed by atoms with E-state index in [9.17, 15) is 4.79 Å². The second-order valence-electron chi connectivity index (χ2n) is 4.80. The maximum Gasteiger partial charge on any atom is 0.267 e. The van der Waals surface area contributed by atoms with E-state index in [1.807, 2.05) is 43.8 Å². The van der Waals surface area contributed by atoms with Gasteiger partial charge in [-0.25, -0.2) is 0 Å². The molecule has 2 aromatic heterocycles. The molecule has 0 bridgehead atoms. The minimum absolute atomic E-state index is 0.0143. The van der Waals surface area contributed by atoms with Gasteiger partial charge in [0.05, 0.1) is 6.20 Å². The van der Waals surface area contributed by atoms with E-state index in [0.29, 0.717) is 12.2 Å². The number of aromatic nitrogens is 3. The number of nitrogens with zero attached hydrogens (tertiary/aromatic N) is 2. The van der Waals surface area contributed by atoms with Gasteiger partial charge in [0.15, 0.2) is 0 Å². The summed E-state index contributed by atoms with van der Waals surface area (Å²) in [6.45, 7) is 4.67. The average molecular weight is 260 g/mol. The third-order valence-corrected chi connectivity index (χ3v) is 3.45. The molecule has 0 aliphatic rings. The third-order valence-electron chi connectivity index (χ3n) is 3.45. The van der Waals surface area contributed by atoms with Crippen molar-refractivity contribution in [3.05, 3.63) is 41.0 Å². The summed E-state index contributed by atoms with van der Waals surface area (Å²) in [7, 11) is 1.90. The van der Waals surface area contributed by atoms with Crippen LogP contribution in [0.3, 0.4) is 0 Å². The van der Waals surface area contributed by atoms with Gasteiger partial charge in [-0.3, -0.25) is 9.89 Å². The Labute approximate surface area is 113 Å². The van der Waals surface area contributed by atoms with Crippen LogP contribution in [0, 0.1) is 13.8 Å². The molecule has 1 amide bonds. The molecule has 2 N–H and O–H groups in total. The molecule has 2 heterocycles. The number of aryl methyl sites for hydroxylation is 3. The minimum Gasteiger partial charge on any atom is -0.351 e. The molecule has 0 unspecified atom stereocenters. The number of nitrogens with one attached hydrogen (secondary N) is 2. The molecule has 0 fully saturated rings. The van der Waals surface area contributed by atoms with Crippen molar-refractivity contribution in [3.8, 4) is 0 Å². The lowest BCUT2D eigenvalue weighted by Crippen LogP contribution is -2.26. The summed E-state index contributed by atoms with van der Waals surface area (Å²) >= 11 is 0. The molecular formula is C14H20N4O. The quantitative estimate of drug-likeness (QED) is 0.804. The Morgan fingerprint density at radius 2 is 2.21 bits per heavy atom. The minimum atomic E-state index is -0.0143. The van der Waals surface area contributed by atoms with E-state index >= 15 is 0 Å². The Balaban J connectivity index is 1.79. The SMILES string of the molecule is Cc1[nH]ncc1CCCNC(=O)c1ccc(C)n1C. The van der Waals surface area contributed by atoms with Crippen LogP contribution in [0.15, 0.2) is 18.3 Å². The summed E-state index contributed by atoms with van der Waals surface area (Å²) in [5, 5.41) is 9.84. The number of amides is 1. The fourth-order valence-electron chi connectivity index (χ4n) is 2.04. The lowest BCUT2D eigenvalue weighted by atomic mass is 10.1. The largest absolute Gasteiger partial charge is 0.351 e. The van der Waals surface area contributed by atoms with Crippen molar-refractivity contribution >= 4 is 5.91 Å². The molecule has 0 aliphatic carbocycles. The molecule has 0 aromatic carbocycles. The maximum absolute atomic E-state index is 12.0. The second kappa shape index (κ2) is 5.73. The van der Waals surface area contributed by atoms with Crippen LogP contribution in [0.5, 0.6) is 0 Å². The van der Waals surface area contributed by atoms with Crippen molar-refractivity contribution < 1.29 is 4.79 Å². The highest BCUT2D eigenvalue weighted by atomic mass is 16.1. The van der Waals surface area contributed by atoms with E-state index in [1.165, 1.54) is 5.56 Å². The predicted octanol–water partition coefficient (Wildman–Crippen LogP) is 1.73. The first-order valence-electron chi connectivity index (χ1n) is 6.49. The second-order valence-corrected chi connectivity index (χ2v) is 4.80. The Hall–Kier alpha value is -2.04. The van der Waals surface area contributed by atoms with Crippen LogP contribution >= 0.6 is 0 Å². The molecule has 0 saturated heterocycles. The zero-order valence-electron chi connectivity index (χ0n) is 11.7. The van der Waals surface area contributed by atoms with Crippen LogP contribution in [0.2, 0.25) is 0 Å². The van der Waals surface area contributed by atoms with Gasteiger partial charge >= 0.3 is 0 Å². The van der Waals surface area contributed by atoms with Crippen LogP contribution in [0.4, 0.5) is 0 Å². The number of rotatable bonds is 5. The lowest BCUT2D eigenvalue weighted by molar-refractivity contribution is 0.0945. The van der Waals surface area contributed by atoms with Gasteiger partial charge in [-0.2, -0.15) is 5.10 Å². The first kappa shape index (κ1) is 13.4. The molecule has 19 heavy (non-hydrogen) atoms. The summed E-state index contributed by atoms with van der Waals surface area (Å²) in [6, 6.07) is 3.80. The fourth-order valence-corrected chi connectivity index (χ4v) is 2.04. The van der Waals surface area contributed by atoms with Gasteiger partial charge < -0.3 is 9.88 Å². The van der Waals surface area contributed by atoms with E-state index in [2.05, 4.69) is 15.5 Å². The first-order valence-corrected chi connectivity index (χ1v) is 6.49. The predicted molar refractivity (Wildman–Crippen MR) is 74.1 cm³/mol. The summed E-state index contributed by atoms with van der Waals surface area (Å²) in [5.41, 5.74) is 4.10. The molecule has 2 rings (SSSR count). The van der Waals surface area contributed by atoms with Gasteiger partial charge in [-0.05, 0) is 44.4 Å². The van der Waals surface area contributed by atoms with E-state index in [1.54, 1.807) is 0 Å². The smallest absolute Gasteiger partial charge is 0.267 e. The zero-order valence-corrected chi connectivity index (χ0v) is 11.7. The number of aromatic amines is 1. The Kier molecular flexibility index (Phi) is 4.04. The molecule has 2 aromatic rings. The number of carbonyl (C=O) groups excluding carboxylic acids is 1. The first-order chi connectivity index (χ1) is 9.09. The van der Waals surface area contributed by atoms with Crippen LogP contribution in [0.1, 0.15) is 33.9 Å². The fraction of sp³-hybridized carbons (Fsp3) is 0.429. The van der Waals surface area contributed by atoms with E-state index in [-0.39, 0.29) is 5.91 Å². The topological polar surface area (TPSA) is 62.7 Å². The van der Waals surface area contributed by atoms with E-state index < -0.39 is 0 Å². The van der Waals surface area contributed by atoms with Crippen molar-refractivity contribution in [1.29, 1.82) is 0 Å². The summed E-state index contributed by atoms with van der Waals surface area (Å²) < 4.78 is 1.90. The van der Waals surface area contributed by atoms with Gasteiger partial charge in [-0.15, -0.1) is 0 Å². The maximum atomic E-state index is 12.0. The van der Waals surface area contributed by atoms with Crippen LogP contribution in [-0.2, 0) is 13.5 Å². The van der Waals surface area contributed by atoms with Crippen LogP contribution < -0.4 is 5.32 Å². The molecule has 5 heteroatoms. The van der Waals surface area contributed by atoms with Crippen molar-refractivity contribution in [2.75, 3.05) is 6.54 Å². The summed E-state index contributed by atoms with van der Waals surface area (Å²) in [5.74, 6) is -0.0143. The van der Waals surface area contributed by atoms with Crippen molar-refractivity contribution in [1.82, 2.24) is 20.1 Å². The van der Waals surface area contributed by atoms with Gasteiger partial charge in [0.25, 0.3) is 5.91 Å². The molecule has 0 aliphatic heterocycles. The Morgan fingerprint density at radius 3 is 2.79 bits per heavy atom. The van der Waals surface area contributed by atoms with E-state index in [4.69, 9.17) is 0 Å². The standard InChI is InChI=1S/C14H20N4O/c1-10-6-7-13(18(10)3)14(19)15-8-4-5-12-9-16-17-11(12)2/h6-7,9H,4-5,8H2,1-3H3,(H,15,19)(H,16,17). The van der Waals surface area contributed by atoms with Crippen LogP contribution in [-0.4, -0.2) is 27.2 Å². The van der Waals surface area contributed by atoms with Gasteiger partial charge in [0.2, 0.25) is 0 Å². The number of hydrogen-bond donors (Lipinski definition) is 2. The van der Waals surface area contributed by atoms with Crippen molar-refractivity contribution in [2.45, 2.75) is 26.7 Å². The lowest BCUT2D eigenvalue weighted by Gasteiger charge is -2.07. The summed E-state index contributed by atoms with van der Waals surface area (Å²) in [4.78, 5) is 12.0. The zero-order chi connectivity index (χ0) is 13.8. The number of H-pyrrole nitrogens is 1. The Bertz CT molecular complexity index is 568. The molecule has 0 atom stereocenters. The monoisotopic (exact) mass is 260 g/mol. The highest BCUT2D eigenvalue weighted by Crippen LogP contribution is 2.07. The number of hydrogen-bond acceptors (Lipinski definition) is 2. The molecular weight excluding hydrogens is 240 g/mol. The van der Waals surface area contributed by atoms with Crippen molar-refractivity contribution in [3.63, 3.8) is 0 Å². The third kappa shape index (κ3) is 3.05. The molecule has 0 spiro atoms. The van der Waals surface area contributed by atoms with Crippen LogP contribution in [0.25, 0.3) is 0 Å². The molecule has 0 saturated carbocycles. The Morgan fingerprint density at radius 1 is 1.42 bits per heavy atom. The molecule has 102 valence electrons.